The van der Waals surface area contributed by atoms with Gasteiger partial charge in [-0.05, 0) is 55.7 Å². The molecule has 3 amide bonds. The Bertz CT molecular complexity index is 1590. The van der Waals surface area contributed by atoms with E-state index in [1.807, 2.05) is 48.5 Å². The summed E-state index contributed by atoms with van der Waals surface area (Å²) in [6.07, 6.45) is 2.42. The lowest BCUT2D eigenvalue weighted by Crippen LogP contribution is -2.47. The maximum atomic E-state index is 13.5. The van der Waals surface area contributed by atoms with Crippen molar-refractivity contribution < 1.29 is 32.6 Å². The summed E-state index contributed by atoms with van der Waals surface area (Å²) in [6, 6.07) is 19.2. The van der Waals surface area contributed by atoms with Gasteiger partial charge in [-0.3, -0.25) is 9.59 Å². The molecule has 288 valence electrons. The SMILES string of the molecule is CN(C)C(=O)[C@H]1CC[C@@H](O)C(NCc2ccccc2)C1.CN(C)C(=O)[C@H]1CC[C@H]2[C@@H](C1)N(Cc1ccccc1)S(=O)(=O)N2C(=O)OCC[Si](C)(C)C. The number of carbonyl (C=O) groups excluding carboxylic acids is 3. The van der Waals surface area contributed by atoms with E-state index in [1.165, 1.54) is 9.87 Å². The van der Waals surface area contributed by atoms with Crippen LogP contribution in [0.4, 0.5) is 4.79 Å². The van der Waals surface area contributed by atoms with Crippen molar-refractivity contribution in [3.8, 4) is 0 Å². The molecule has 0 aromatic heterocycles. The third-order valence-electron chi connectivity index (χ3n) is 10.2. The van der Waals surface area contributed by atoms with Crippen molar-refractivity contribution in [1.29, 1.82) is 0 Å². The van der Waals surface area contributed by atoms with Crippen LogP contribution in [0.5, 0.6) is 0 Å². The number of rotatable bonds is 10. The number of amides is 3. The average molecular weight is 758 g/mol. The molecule has 1 heterocycles. The van der Waals surface area contributed by atoms with E-state index in [0.717, 1.165) is 28.9 Å². The number of carbonyl (C=O) groups is 3. The predicted octanol–water partition coefficient (Wildman–Crippen LogP) is 4.54. The first kappa shape index (κ1) is 41.5. The number of hydrogen-bond donors (Lipinski definition) is 2. The van der Waals surface area contributed by atoms with Crippen molar-refractivity contribution in [2.24, 2.45) is 11.8 Å². The molecule has 0 spiro atoms. The third kappa shape index (κ3) is 10.9. The van der Waals surface area contributed by atoms with Gasteiger partial charge in [-0.2, -0.15) is 17.0 Å². The van der Waals surface area contributed by atoms with Crippen LogP contribution in [0.3, 0.4) is 0 Å². The summed E-state index contributed by atoms with van der Waals surface area (Å²) < 4.78 is 34.9. The van der Waals surface area contributed by atoms with Gasteiger partial charge in [-0.25, -0.2) is 4.79 Å². The Labute approximate surface area is 311 Å². The second kappa shape index (κ2) is 18.2. The smallest absolute Gasteiger partial charge is 0.424 e. The number of nitrogens with zero attached hydrogens (tertiary/aromatic N) is 4. The van der Waals surface area contributed by atoms with Gasteiger partial charge in [0.05, 0.1) is 18.8 Å². The summed E-state index contributed by atoms with van der Waals surface area (Å²) in [6.45, 7) is 7.63. The number of ether oxygens (including phenoxy) is 1. The Morgan fingerprint density at radius 1 is 0.808 bits per heavy atom. The molecule has 3 aliphatic rings. The van der Waals surface area contributed by atoms with E-state index in [1.54, 1.807) is 38.0 Å². The molecule has 1 unspecified atom stereocenters. The van der Waals surface area contributed by atoms with E-state index in [2.05, 4.69) is 37.1 Å². The van der Waals surface area contributed by atoms with Gasteiger partial charge >= 0.3 is 16.3 Å². The molecule has 6 atom stereocenters. The number of aliphatic hydroxyl groups is 1. The molecule has 0 radical (unpaired) electrons. The van der Waals surface area contributed by atoms with Gasteiger partial charge in [0.1, 0.15) is 0 Å². The maximum absolute atomic E-state index is 13.5. The Balaban J connectivity index is 0.000000259. The molecule has 12 nitrogen and oxygen atoms in total. The monoisotopic (exact) mass is 757 g/mol. The van der Waals surface area contributed by atoms with E-state index < -0.39 is 36.5 Å². The average Bonchev–Trinajstić information content (AvgIpc) is 3.32. The number of aliphatic hydroxyl groups excluding tert-OH is 1. The lowest BCUT2D eigenvalue weighted by Gasteiger charge is -2.34. The Hall–Kier alpha value is -3.30. The van der Waals surface area contributed by atoms with Crippen LogP contribution in [0.25, 0.3) is 0 Å². The van der Waals surface area contributed by atoms with Crippen LogP contribution >= 0.6 is 0 Å². The number of fused-ring (bicyclic) bond motifs is 1. The first-order valence-corrected chi connectivity index (χ1v) is 23.5. The van der Waals surface area contributed by atoms with Gasteiger partial charge in [0.15, 0.2) is 0 Å². The summed E-state index contributed by atoms with van der Waals surface area (Å²) in [4.78, 5) is 40.8. The van der Waals surface area contributed by atoms with Crippen LogP contribution in [0.2, 0.25) is 25.7 Å². The minimum atomic E-state index is -4.06. The van der Waals surface area contributed by atoms with Crippen LogP contribution in [0.1, 0.15) is 49.7 Å². The summed E-state index contributed by atoms with van der Waals surface area (Å²) in [7, 11) is 1.51. The van der Waals surface area contributed by atoms with Gasteiger partial charge in [0.25, 0.3) is 0 Å². The third-order valence-corrected chi connectivity index (χ3v) is 13.9. The van der Waals surface area contributed by atoms with Crippen molar-refractivity contribution in [3.63, 3.8) is 0 Å². The standard InChI is InChI=1S/C22H35N3O5SSi.C16H24N2O2/c1-23(2)21(26)18-11-12-19-20(15-18)24(16-17-9-7-6-8-10-17)31(28,29)25(19)22(27)30-13-14-32(3,4)5;1-18(2)16(20)13-8-9-15(19)14(10-13)17-11-12-6-4-3-5-7-12/h6-10,18-20H,11-16H2,1-5H3;3-7,13-15,17,19H,8-11H2,1-2H3/t18-,19-,20+;13-,14?,15+/m00/s1. The molecule has 1 aliphatic heterocycles. The van der Waals surface area contributed by atoms with Crippen LogP contribution < -0.4 is 5.32 Å². The minimum Gasteiger partial charge on any atom is -0.449 e. The molecule has 5 rings (SSSR count). The number of nitrogens with one attached hydrogen (secondary N) is 1. The zero-order valence-electron chi connectivity index (χ0n) is 31.9. The Morgan fingerprint density at radius 3 is 1.90 bits per heavy atom. The number of benzene rings is 2. The zero-order valence-corrected chi connectivity index (χ0v) is 33.7. The van der Waals surface area contributed by atoms with Crippen LogP contribution in [0, 0.1) is 11.8 Å². The Kier molecular flexibility index (Phi) is 14.5. The van der Waals surface area contributed by atoms with Crippen LogP contribution in [0.15, 0.2) is 60.7 Å². The minimum absolute atomic E-state index is 0.00199. The molecule has 2 aromatic carbocycles. The van der Waals surface area contributed by atoms with E-state index in [4.69, 9.17) is 4.74 Å². The molecular formula is C38H59N5O7SSi. The lowest BCUT2D eigenvalue weighted by atomic mass is 9.81. The fraction of sp³-hybridized carbons (Fsp3) is 0.605. The molecule has 52 heavy (non-hydrogen) atoms. The summed E-state index contributed by atoms with van der Waals surface area (Å²) in [5.74, 6) is -0.0654. The van der Waals surface area contributed by atoms with Crippen LogP contribution in [-0.2, 0) is 37.6 Å². The molecule has 2 N–H and O–H groups in total. The quantitative estimate of drug-likeness (QED) is 0.337. The van der Waals surface area contributed by atoms with Gasteiger partial charge in [0.2, 0.25) is 11.8 Å². The molecule has 14 heteroatoms. The summed E-state index contributed by atoms with van der Waals surface area (Å²) >= 11 is 0. The van der Waals surface area contributed by atoms with E-state index in [0.29, 0.717) is 32.1 Å². The van der Waals surface area contributed by atoms with Gasteiger partial charge < -0.3 is 25.0 Å². The highest BCUT2D eigenvalue weighted by Crippen LogP contribution is 2.41. The largest absolute Gasteiger partial charge is 0.449 e. The molecule has 2 aliphatic carbocycles. The Morgan fingerprint density at radius 2 is 1.35 bits per heavy atom. The van der Waals surface area contributed by atoms with Crippen LogP contribution in [-0.4, -0.2) is 117 Å². The summed E-state index contributed by atoms with van der Waals surface area (Å²) in [5.41, 5.74) is 2.03. The number of hydrogen-bond acceptors (Lipinski definition) is 8. The predicted molar refractivity (Wildman–Crippen MR) is 205 cm³/mol. The molecule has 1 saturated heterocycles. The van der Waals surface area contributed by atoms with Crippen molar-refractivity contribution in [3.05, 3.63) is 71.8 Å². The van der Waals surface area contributed by atoms with Gasteiger partial charge in [-0.1, -0.05) is 80.3 Å². The van der Waals surface area contributed by atoms with E-state index in [-0.39, 0.29) is 48.9 Å². The highest BCUT2D eigenvalue weighted by atomic mass is 32.2. The summed E-state index contributed by atoms with van der Waals surface area (Å²) in [5, 5.41) is 13.5. The van der Waals surface area contributed by atoms with Crippen molar-refractivity contribution in [2.75, 3.05) is 34.8 Å². The fourth-order valence-electron chi connectivity index (χ4n) is 7.27. The van der Waals surface area contributed by atoms with Crippen molar-refractivity contribution >= 4 is 36.2 Å². The molecule has 2 aromatic rings. The zero-order chi connectivity index (χ0) is 38.2. The van der Waals surface area contributed by atoms with Crippen molar-refractivity contribution in [1.82, 2.24) is 23.7 Å². The first-order valence-electron chi connectivity index (χ1n) is 18.4. The second-order valence-corrected chi connectivity index (χ2v) is 23.3. The molecule has 3 fully saturated rings. The fourth-order valence-corrected chi connectivity index (χ4v) is 9.92. The maximum Gasteiger partial charge on any atom is 0.424 e. The molecular weight excluding hydrogens is 699 g/mol. The second-order valence-electron chi connectivity index (χ2n) is 15.9. The highest BCUT2D eigenvalue weighted by molar-refractivity contribution is 7.87. The van der Waals surface area contributed by atoms with E-state index >= 15 is 0 Å². The van der Waals surface area contributed by atoms with Gasteiger partial charge in [-0.15, -0.1) is 0 Å². The van der Waals surface area contributed by atoms with E-state index in [9.17, 15) is 27.9 Å². The highest BCUT2D eigenvalue weighted by Gasteiger charge is 2.56. The van der Waals surface area contributed by atoms with Gasteiger partial charge in [0, 0.05) is 73.3 Å². The first-order chi connectivity index (χ1) is 24.5. The molecule has 2 saturated carbocycles. The van der Waals surface area contributed by atoms with Crippen molar-refractivity contribution in [2.45, 2.75) is 102 Å². The normalized spacial score (nSPS) is 25.7. The molecule has 0 bridgehead atoms. The lowest BCUT2D eigenvalue weighted by molar-refractivity contribution is -0.135. The topological polar surface area (TPSA) is 140 Å².